The van der Waals surface area contributed by atoms with Crippen molar-refractivity contribution in [1.82, 2.24) is 0 Å². The standard InChI is InChI=1S/C10H12O2.Na/c1-2-12-10(11)8-9-6-4-3-5-7-9;/h3-7H,2,8H2,1H3;. The summed E-state index contributed by atoms with van der Waals surface area (Å²) in [6.07, 6.45) is 0.370. The van der Waals surface area contributed by atoms with Crippen molar-refractivity contribution in [3.8, 4) is 0 Å². The molecule has 0 aliphatic carbocycles. The molecule has 1 aromatic rings. The topological polar surface area (TPSA) is 26.3 Å². The van der Waals surface area contributed by atoms with Crippen LogP contribution < -0.4 is 0 Å². The molecule has 13 heavy (non-hydrogen) atoms. The van der Waals surface area contributed by atoms with Gasteiger partial charge in [0.25, 0.3) is 0 Å². The molecule has 0 aliphatic heterocycles. The van der Waals surface area contributed by atoms with Crippen molar-refractivity contribution in [2.24, 2.45) is 0 Å². The third kappa shape index (κ3) is 5.09. The van der Waals surface area contributed by atoms with Crippen molar-refractivity contribution >= 4 is 35.5 Å². The molecule has 0 fully saturated rings. The van der Waals surface area contributed by atoms with Crippen LogP contribution in [0.3, 0.4) is 0 Å². The van der Waals surface area contributed by atoms with E-state index in [-0.39, 0.29) is 35.5 Å². The number of ether oxygens (including phenoxy) is 1. The van der Waals surface area contributed by atoms with Crippen LogP contribution in [0.4, 0.5) is 0 Å². The number of rotatable bonds is 3. The molecule has 2 nitrogen and oxygen atoms in total. The van der Waals surface area contributed by atoms with Gasteiger partial charge in [-0.25, -0.2) is 0 Å². The minimum atomic E-state index is -0.163. The molecule has 0 spiro atoms. The summed E-state index contributed by atoms with van der Waals surface area (Å²) in [4.78, 5) is 11.0. The average Bonchev–Trinajstić information content (AvgIpc) is 2.06. The maximum atomic E-state index is 11.0. The molecular formula is C10H12NaO2. The van der Waals surface area contributed by atoms with Gasteiger partial charge in [-0.05, 0) is 12.5 Å². The van der Waals surface area contributed by atoms with Gasteiger partial charge in [0.05, 0.1) is 13.0 Å². The van der Waals surface area contributed by atoms with Crippen LogP contribution >= 0.6 is 0 Å². The van der Waals surface area contributed by atoms with Crippen LogP contribution in [0.5, 0.6) is 0 Å². The van der Waals surface area contributed by atoms with Crippen LogP contribution in [0.15, 0.2) is 30.3 Å². The zero-order valence-corrected chi connectivity index (χ0v) is 10.1. The van der Waals surface area contributed by atoms with Crippen LogP contribution in [0.1, 0.15) is 12.5 Å². The second-order valence-electron chi connectivity index (χ2n) is 2.47. The fourth-order valence-electron chi connectivity index (χ4n) is 0.975. The van der Waals surface area contributed by atoms with Crippen LogP contribution in [0.2, 0.25) is 0 Å². The molecule has 0 aromatic heterocycles. The van der Waals surface area contributed by atoms with Crippen molar-refractivity contribution in [3.63, 3.8) is 0 Å². The Morgan fingerprint density at radius 1 is 1.31 bits per heavy atom. The predicted molar refractivity (Wildman–Crippen MR) is 52.5 cm³/mol. The van der Waals surface area contributed by atoms with Crippen molar-refractivity contribution in [2.75, 3.05) is 6.61 Å². The van der Waals surface area contributed by atoms with E-state index >= 15 is 0 Å². The fourth-order valence-corrected chi connectivity index (χ4v) is 0.975. The largest absolute Gasteiger partial charge is 0.466 e. The normalized spacial score (nSPS) is 8.69. The number of hydrogen-bond donors (Lipinski definition) is 0. The van der Waals surface area contributed by atoms with E-state index in [9.17, 15) is 4.79 Å². The van der Waals surface area contributed by atoms with Crippen molar-refractivity contribution in [3.05, 3.63) is 35.9 Å². The number of hydrogen-bond acceptors (Lipinski definition) is 2. The van der Waals surface area contributed by atoms with E-state index in [1.807, 2.05) is 37.3 Å². The third-order valence-corrected chi connectivity index (χ3v) is 1.50. The summed E-state index contributed by atoms with van der Waals surface area (Å²) in [5.41, 5.74) is 0.996. The van der Waals surface area contributed by atoms with E-state index < -0.39 is 0 Å². The molecule has 1 aromatic carbocycles. The molecule has 0 atom stereocenters. The fraction of sp³-hybridized carbons (Fsp3) is 0.300. The Morgan fingerprint density at radius 2 is 1.92 bits per heavy atom. The predicted octanol–water partition coefficient (Wildman–Crippen LogP) is 1.41. The number of esters is 1. The van der Waals surface area contributed by atoms with Gasteiger partial charge in [0, 0.05) is 29.6 Å². The summed E-state index contributed by atoms with van der Waals surface area (Å²) in [5.74, 6) is -0.163. The van der Waals surface area contributed by atoms with Crippen LogP contribution in [-0.4, -0.2) is 42.1 Å². The minimum Gasteiger partial charge on any atom is -0.466 e. The zero-order valence-electron chi connectivity index (χ0n) is 8.12. The van der Waals surface area contributed by atoms with Crippen LogP contribution in [0, 0.1) is 0 Å². The molecule has 0 saturated carbocycles. The summed E-state index contributed by atoms with van der Waals surface area (Å²) in [7, 11) is 0. The van der Waals surface area contributed by atoms with E-state index in [1.165, 1.54) is 0 Å². The monoisotopic (exact) mass is 187 g/mol. The molecular weight excluding hydrogens is 175 g/mol. The molecule has 1 radical (unpaired) electrons. The molecule has 3 heteroatoms. The minimum absolute atomic E-state index is 0. The van der Waals surface area contributed by atoms with Gasteiger partial charge in [-0.1, -0.05) is 30.3 Å². The molecule has 65 valence electrons. The van der Waals surface area contributed by atoms with Gasteiger partial charge >= 0.3 is 5.97 Å². The molecule has 0 aliphatic rings. The van der Waals surface area contributed by atoms with Crippen LogP contribution in [0.25, 0.3) is 0 Å². The Labute approximate surface area is 101 Å². The van der Waals surface area contributed by atoms with Gasteiger partial charge in [-0.2, -0.15) is 0 Å². The van der Waals surface area contributed by atoms with E-state index in [0.29, 0.717) is 13.0 Å². The molecule has 0 heterocycles. The summed E-state index contributed by atoms with van der Waals surface area (Å²) in [6.45, 7) is 2.26. The SMILES string of the molecule is CCOC(=O)Cc1ccccc1.[Na]. The Kier molecular flexibility index (Phi) is 6.96. The van der Waals surface area contributed by atoms with Gasteiger partial charge < -0.3 is 4.74 Å². The first-order valence-corrected chi connectivity index (χ1v) is 4.02. The molecule has 0 N–H and O–H groups in total. The Bertz CT molecular complexity index is 246. The van der Waals surface area contributed by atoms with Gasteiger partial charge in [0.15, 0.2) is 0 Å². The van der Waals surface area contributed by atoms with Gasteiger partial charge in [-0.3, -0.25) is 4.79 Å². The summed E-state index contributed by atoms with van der Waals surface area (Å²) >= 11 is 0. The molecule has 0 amide bonds. The zero-order chi connectivity index (χ0) is 8.81. The Balaban J connectivity index is 0.00000144. The Morgan fingerprint density at radius 3 is 2.46 bits per heavy atom. The maximum Gasteiger partial charge on any atom is 0.310 e. The smallest absolute Gasteiger partial charge is 0.310 e. The Hall–Kier alpha value is -0.310. The second kappa shape index (κ2) is 7.13. The first kappa shape index (κ1) is 12.7. The summed E-state index contributed by atoms with van der Waals surface area (Å²) in [5, 5.41) is 0. The first-order valence-electron chi connectivity index (χ1n) is 4.02. The molecule has 1 rings (SSSR count). The quantitative estimate of drug-likeness (QED) is 0.528. The van der Waals surface area contributed by atoms with E-state index in [2.05, 4.69) is 0 Å². The van der Waals surface area contributed by atoms with Crippen molar-refractivity contribution < 1.29 is 9.53 Å². The second-order valence-corrected chi connectivity index (χ2v) is 2.47. The summed E-state index contributed by atoms with van der Waals surface area (Å²) in [6, 6.07) is 9.58. The third-order valence-electron chi connectivity index (χ3n) is 1.50. The van der Waals surface area contributed by atoms with Gasteiger partial charge in [-0.15, -0.1) is 0 Å². The van der Waals surface area contributed by atoms with E-state index in [1.54, 1.807) is 0 Å². The number of carbonyl (C=O) groups excluding carboxylic acids is 1. The molecule has 0 bridgehead atoms. The van der Waals surface area contributed by atoms with Gasteiger partial charge in [0.2, 0.25) is 0 Å². The van der Waals surface area contributed by atoms with Crippen LogP contribution in [-0.2, 0) is 16.0 Å². The first-order chi connectivity index (χ1) is 5.83. The maximum absolute atomic E-state index is 11.0. The molecule has 0 unspecified atom stereocenters. The van der Waals surface area contributed by atoms with Gasteiger partial charge in [0.1, 0.15) is 0 Å². The van der Waals surface area contributed by atoms with Crippen molar-refractivity contribution in [2.45, 2.75) is 13.3 Å². The van der Waals surface area contributed by atoms with E-state index in [4.69, 9.17) is 4.74 Å². The number of benzene rings is 1. The van der Waals surface area contributed by atoms with E-state index in [0.717, 1.165) is 5.56 Å². The summed E-state index contributed by atoms with van der Waals surface area (Å²) < 4.78 is 4.81. The average molecular weight is 187 g/mol. The van der Waals surface area contributed by atoms with Crippen molar-refractivity contribution in [1.29, 1.82) is 0 Å². The number of carbonyl (C=O) groups is 1. The molecule has 0 saturated heterocycles.